The highest BCUT2D eigenvalue weighted by Gasteiger charge is 2.20. The Balaban J connectivity index is 1.87. The lowest BCUT2D eigenvalue weighted by Crippen LogP contribution is -2.31. The topological polar surface area (TPSA) is 61.3 Å². The quantitative estimate of drug-likeness (QED) is 0.790. The van der Waals surface area contributed by atoms with Crippen molar-refractivity contribution in [2.75, 3.05) is 16.8 Å². The first-order valence-electron chi connectivity index (χ1n) is 10.1. The number of benzene rings is 1. The summed E-state index contributed by atoms with van der Waals surface area (Å²) in [6, 6.07) is 8.78. The van der Waals surface area contributed by atoms with Gasteiger partial charge in [0.05, 0.1) is 6.10 Å². The summed E-state index contributed by atoms with van der Waals surface area (Å²) in [6.45, 7) is 12.2. The van der Waals surface area contributed by atoms with Crippen molar-refractivity contribution in [2.24, 2.45) is 0 Å². The van der Waals surface area contributed by atoms with Gasteiger partial charge in [-0.05, 0) is 43.4 Å². The number of aromatic nitrogens is 2. The predicted molar refractivity (Wildman–Crippen MR) is 111 cm³/mol. The van der Waals surface area contributed by atoms with Gasteiger partial charge in [0, 0.05) is 31.1 Å². The number of hydrogen-bond donors (Lipinski definition) is 2. The molecule has 0 spiro atoms. The van der Waals surface area contributed by atoms with Crippen LogP contribution in [-0.4, -0.2) is 27.7 Å². The second kappa shape index (κ2) is 8.26. The van der Waals surface area contributed by atoms with Crippen LogP contribution in [0.3, 0.4) is 0 Å². The number of nitrogens with zero attached hydrogens (tertiary/aromatic N) is 3. The van der Waals surface area contributed by atoms with E-state index in [2.05, 4.69) is 56.1 Å². The molecular formula is C22H32N4O. The van der Waals surface area contributed by atoms with Gasteiger partial charge in [-0.25, -0.2) is 9.97 Å². The lowest BCUT2D eigenvalue weighted by Gasteiger charge is -2.31. The molecule has 0 aliphatic carbocycles. The van der Waals surface area contributed by atoms with Crippen LogP contribution in [0.4, 0.5) is 11.6 Å². The molecule has 5 heteroatoms. The molecule has 1 aliphatic heterocycles. The standard InChI is InChI=1S/C22H32N4O/c1-6-15(4)23-20-12-21(25-22(24-20)14(2)3)26-10-9-18-11-17(16(5)27)7-8-19(18)13-26/h7-8,11-12,14-16,27H,6,9-10,13H2,1-5H3,(H,23,24,25)/t15-,16+/m0/s1. The minimum atomic E-state index is -0.419. The monoisotopic (exact) mass is 368 g/mol. The third-order valence-electron chi connectivity index (χ3n) is 5.30. The fourth-order valence-electron chi connectivity index (χ4n) is 3.33. The summed E-state index contributed by atoms with van der Waals surface area (Å²) in [7, 11) is 0. The van der Waals surface area contributed by atoms with Crippen molar-refractivity contribution >= 4 is 11.6 Å². The van der Waals surface area contributed by atoms with Gasteiger partial charge in [0.15, 0.2) is 0 Å². The Hall–Kier alpha value is -2.14. The number of anilines is 2. The van der Waals surface area contributed by atoms with Crippen LogP contribution in [0.25, 0.3) is 0 Å². The van der Waals surface area contributed by atoms with E-state index in [1.54, 1.807) is 0 Å². The van der Waals surface area contributed by atoms with Crippen molar-refractivity contribution in [1.29, 1.82) is 0 Å². The first kappa shape index (κ1) is 19.6. The molecule has 0 bridgehead atoms. The molecule has 146 valence electrons. The molecule has 1 aliphatic rings. The van der Waals surface area contributed by atoms with Gasteiger partial charge in [0.1, 0.15) is 17.5 Å². The molecule has 0 fully saturated rings. The smallest absolute Gasteiger partial charge is 0.135 e. The minimum absolute atomic E-state index is 0.285. The Morgan fingerprint density at radius 1 is 1.11 bits per heavy atom. The molecule has 2 aromatic rings. The van der Waals surface area contributed by atoms with Gasteiger partial charge in [-0.15, -0.1) is 0 Å². The van der Waals surface area contributed by atoms with Gasteiger partial charge < -0.3 is 15.3 Å². The van der Waals surface area contributed by atoms with E-state index in [4.69, 9.17) is 9.97 Å². The summed E-state index contributed by atoms with van der Waals surface area (Å²) in [5, 5.41) is 13.3. The number of nitrogens with one attached hydrogen (secondary N) is 1. The third-order valence-corrected chi connectivity index (χ3v) is 5.30. The zero-order valence-corrected chi connectivity index (χ0v) is 17.2. The average molecular weight is 369 g/mol. The maximum atomic E-state index is 9.83. The van der Waals surface area contributed by atoms with E-state index < -0.39 is 6.10 Å². The summed E-state index contributed by atoms with van der Waals surface area (Å²) < 4.78 is 0. The normalized spacial score (nSPS) is 16.2. The van der Waals surface area contributed by atoms with Crippen LogP contribution >= 0.6 is 0 Å². The molecule has 5 nitrogen and oxygen atoms in total. The van der Waals surface area contributed by atoms with Gasteiger partial charge in [-0.2, -0.15) is 0 Å². The van der Waals surface area contributed by atoms with Gasteiger partial charge in [-0.1, -0.05) is 39.0 Å². The van der Waals surface area contributed by atoms with E-state index in [1.165, 1.54) is 11.1 Å². The summed E-state index contributed by atoms with van der Waals surface area (Å²) in [5.74, 6) is 3.07. The molecule has 0 amide bonds. The molecule has 0 saturated carbocycles. The summed E-state index contributed by atoms with van der Waals surface area (Å²) in [6.07, 6.45) is 1.60. The molecule has 2 N–H and O–H groups in total. The zero-order valence-electron chi connectivity index (χ0n) is 17.2. The van der Waals surface area contributed by atoms with Crippen LogP contribution in [0, 0.1) is 0 Å². The van der Waals surface area contributed by atoms with Gasteiger partial charge in [0.2, 0.25) is 0 Å². The second-order valence-electron chi connectivity index (χ2n) is 7.95. The Bertz CT molecular complexity index is 788. The fourth-order valence-corrected chi connectivity index (χ4v) is 3.33. The number of aliphatic hydroxyl groups is 1. The molecule has 1 aromatic heterocycles. The predicted octanol–water partition coefficient (Wildman–Crippen LogP) is 4.43. The van der Waals surface area contributed by atoms with Gasteiger partial charge in [-0.3, -0.25) is 0 Å². The fraction of sp³-hybridized carbons (Fsp3) is 0.545. The second-order valence-corrected chi connectivity index (χ2v) is 7.95. The van der Waals surface area contributed by atoms with Crippen molar-refractivity contribution in [2.45, 2.75) is 72.1 Å². The van der Waals surface area contributed by atoms with Crippen LogP contribution < -0.4 is 10.2 Å². The largest absolute Gasteiger partial charge is 0.389 e. The van der Waals surface area contributed by atoms with E-state index in [-0.39, 0.29) is 5.92 Å². The Kier molecular flexibility index (Phi) is 6.00. The Morgan fingerprint density at radius 2 is 1.89 bits per heavy atom. The molecule has 0 unspecified atom stereocenters. The number of fused-ring (bicyclic) bond motifs is 1. The lowest BCUT2D eigenvalue weighted by molar-refractivity contribution is 0.199. The number of rotatable bonds is 6. The number of hydrogen-bond acceptors (Lipinski definition) is 5. The molecule has 2 atom stereocenters. The molecule has 3 rings (SSSR count). The maximum Gasteiger partial charge on any atom is 0.135 e. The van der Waals surface area contributed by atoms with Crippen molar-refractivity contribution in [1.82, 2.24) is 9.97 Å². The Morgan fingerprint density at radius 3 is 2.56 bits per heavy atom. The minimum Gasteiger partial charge on any atom is -0.389 e. The van der Waals surface area contributed by atoms with E-state index in [0.717, 1.165) is 49.0 Å². The maximum absolute atomic E-state index is 9.83. The van der Waals surface area contributed by atoms with Crippen molar-refractivity contribution in [3.63, 3.8) is 0 Å². The summed E-state index contributed by atoms with van der Waals surface area (Å²) in [5.41, 5.74) is 3.64. The molecule has 2 heterocycles. The highest BCUT2D eigenvalue weighted by atomic mass is 16.3. The molecule has 0 saturated heterocycles. The van der Waals surface area contributed by atoms with E-state index >= 15 is 0 Å². The van der Waals surface area contributed by atoms with Crippen molar-refractivity contribution < 1.29 is 5.11 Å². The van der Waals surface area contributed by atoms with Crippen LogP contribution in [0.15, 0.2) is 24.3 Å². The van der Waals surface area contributed by atoms with Crippen LogP contribution in [-0.2, 0) is 13.0 Å². The summed E-state index contributed by atoms with van der Waals surface area (Å²) in [4.78, 5) is 11.9. The zero-order chi connectivity index (χ0) is 19.6. The Labute approximate surface area is 162 Å². The molecule has 27 heavy (non-hydrogen) atoms. The van der Waals surface area contributed by atoms with E-state index in [0.29, 0.717) is 6.04 Å². The first-order valence-corrected chi connectivity index (χ1v) is 10.1. The van der Waals surface area contributed by atoms with Gasteiger partial charge >= 0.3 is 0 Å². The third kappa shape index (κ3) is 4.59. The van der Waals surface area contributed by atoms with Crippen LogP contribution in [0.1, 0.15) is 75.6 Å². The molecule has 0 radical (unpaired) electrons. The van der Waals surface area contributed by atoms with Gasteiger partial charge in [0.25, 0.3) is 0 Å². The highest BCUT2D eigenvalue weighted by molar-refractivity contribution is 5.52. The first-order chi connectivity index (χ1) is 12.9. The lowest BCUT2D eigenvalue weighted by atomic mass is 9.96. The van der Waals surface area contributed by atoms with Crippen LogP contribution in [0.5, 0.6) is 0 Å². The SMILES string of the molecule is CC[C@H](C)Nc1cc(N2CCc3cc([C@@H](C)O)ccc3C2)nc(C(C)C)n1. The van der Waals surface area contributed by atoms with Crippen molar-refractivity contribution in [3.8, 4) is 0 Å². The van der Waals surface area contributed by atoms with E-state index in [9.17, 15) is 5.11 Å². The number of aliphatic hydroxyl groups excluding tert-OH is 1. The highest BCUT2D eigenvalue weighted by Crippen LogP contribution is 2.28. The molecular weight excluding hydrogens is 336 g/mol. The van der Waals surface area contributed by atoms with Crippen molar-refractivity contribution in [3.05, 3.63) is 46.8 Å². The molecule has 1 aromatic carbocycles. The van der Waals surface area contributed by atoms with Crippen LogP contribution in [0.2, 0.25) is 0 Å². The van der Waals surface area contributed by atoms with E-state index in [1.807, 2.05) is 13.0 Å². The average Bonchev–Trinajstić information content (AvgIpc) is 2.66. The summed E-state index contributed by atoms with van der Waals surface area (Å²) >= 11 is 0.